The van der Waals surface area contributed by atoms with Gasteiger partial charge in [0.2, 0.25) is 5.91 Å². The lowest BCUT2D eigenvalue weighted by Gasteiger charge is -2.40. The summed E-state index contributed by atoms with van der Waals surface area (Å²) in [7, 11) is 0. The largest absolute Gasteiger partial charge is 0.368 e. The van der Waals surface area contributed by atoms with Crippen molar-refractivity contribution in [3.63, 3.8) is 0 Å². The molecule has 6 heteroatoms. The van der Waals surface area contributed by atoms with Crippen molar-refractivity contribution in [2.45, 2.75) is 25.8 Å². The topological polar surface area (TPSA) is 26.8 Å². The van der Waals surface area contributed by atoms with Gasteiger partial charge in [-0.3, -0.25) is 14.6 Å². The van der Waals surface area contributed by atoms with Crippen LogP contribution in [0.25, 0.3) is 10.1 Å². The second kappa shape index (κ2) is 9.30. The molecule has 1 saturated heterocycles. The summed E-state index contributed by atoms with van der Waals surface area (Å²) >= 11 is 8.20. The average Bonchev–Trinajstić information content (AvgIpc) is 3.31. The van der Waals surface area contributed by atoms with Gasteiger partial charge in [-0.25, -0.2) is 0 Å². The zero-order chi connectivity index (χ0) is 23.9. The molecule has 4 nitrogen and oxygen atoms in total. The van der Waals surface area contributed by atoms with Gasteiger partial charge in [0.05, 0.1) is 17.4 Å². The minimum atomic E-state index is -0.230. The van der Waals surface area contributed by atoms with Gasteiger partial charge in [0.25, 0.3) is 0 Å². The molecule has 1 amide bonds. The van der Waals surface area contributed by atoms with Gasteiger partial charge in [0.1, 0.15) is 0 Å². The average molecular weight is 502 g/mol. The van der Waals surface area contributed by atoms with Gasteiger partial charge >= 0.3 is 0 Å². The number of nitrogens with zero attached hydrogens (tertiary/aromatic N) is 3. The third-order valence-electron chi connectivity index (χ3n) is 7.44. The van der Waals surface area contributed by atoms with Gasteiger partial charge < -0.3 is 4.90 Å². The van der Waals surface area contributed by atoms with Gasteiger partial charge in [-0.05, 0) is 72.7 Å². The van der Waals surface area contributed by atoms with E-state index in [9.17, 15) is 4.79 Å². The third kappa shape index (κ3) is 4.12. The maximum Gasteiger partial charge on any atom is 0.248 e. The molecule has 1 fully saturated rings. The normalized spacial score (nSPS) is 17.1. The highest BCUT2D eigenvalue weighted by Gasteiger charge is 2.33. The third-order valence-corrected chi connectivity index (χ3v) is 8.55. The number of halogens is 1. The second-order valence-corrected chi connectivity index (χ2v) is 10.8. The summed E-state index contributed by atoms with van der Waals surface area (Å²) in [6, 6.07) is 22.7. The van der Waals surface area contributed by atoms with Crippen molar-refractivity contribution in [3.8, 4) is 0 Å². The lowest BCUT2D eigenvalue weighted by molar-refractivity contribution is -0.122. The molecular weight excluding hydrogens is 474 g/mol. The Hall–Kier alpha value is -2.86. The van der Waals surface area contributed by atoms with Crippen LogP contribution in [0.2, 0.25) is 5.02 Å². The highest BCUT2D eigenvalue weighted by molar-refractivity contribution is 7.17. The number of benzene rings is 3. The molecule has 0 saturated carbocycles. The summed E-state index contributed by atoms with van der Waals surface area (Å²) in [4.78, 5) is 20.8. The maximum absolute atomic E-state index is 14.1. The zero-order valence-electron chi connectivity index (χ0n) is 19.8. The quantitative estimate of drug-likeness (QED) is 0.319. The molecule has 1 atom stereocenters. The molecule has 0 N–H and O–H groups in total. The minimum Gasteiger partial charge on any atom is -0.368 e. The standard InChI is InChI=1S/C29H28ClN3OS/c1-20(31-14-16-32(17-15-31)26-7-4-8-28-24(26)13-18-35-28)29(34)33-25-6-3-2-5-21(25)9-10-22-11-12-23(30)19-27(22)33/h2-8,11-13,18-20H,9-10,14-17H2,1H3. The molecule has 0 aliphatic carbocycles. The number of fused-ring (bicyclic) bond motifs is 3. The number of amides is 1. The fraction of sp³-hybridized carbons (Fsp3) is 0.276. The van der Waals surface area contributed by atoms with E-state index in [-0.39, 0.29) is 11.9 Å². The van der Waals surface area contributed by atoms with Gasteiger partial charge in [-0.15, -0.1) is 11.3 Å². The lowest BCUT2D eigenvalue weighted by Crippen LogP contribution is -2.54. The fourth-order valence-corrected chi connectivity index (χ4v) is 6.45. The molecule has 35 heavy (non-hydrogen) atoms. The van der Waals surface area contributed by atoms with Crippen molar-refractivity contribution in [3.05, 3.63) is 88.3 Å². The summed E-state index contributed by atoms with van der Waals surface area (Å²) < 4.78 is 1.32. The predicted octanol–water partition coefficient (Wildman–Crippen LogP) is 6.53. The van der Waals surface area contributed by atoms with E-state index in [2.05, 4.69) is 70.6 Å². The molecule has 0 bridgehead atoms. The number of hydrogen-bond acceptors (Lipinski definition) is 4. The number of piperazine rings is 1. The molecule has 0 radical (unpaired) electrons. The predicted molar refractivity (Wildman–Crippen MR) is 148 cm³/mol. The van der Waals surface area contributed by atoms with E-state index in [0.29, 0.717) is 5.02 Å². The van der Waals surface area contributed by atoms with Crippen LogP contribution in [-0.2, 0) is 17.6 Å². The van der Waals surface area contributed by atoms with Crippen LogP contribution in [0.15, 0.2) is 72.1 Å². The molecule has 6 rings (SSSR count). The van der Waals surface area contributed by atoms with E-state index in [4.69, 9.17) is 11.6 Å². The van der Waals surface area contributed by atoms with Crippen LogP contribution in [0, 0.1) is 0 Å². The molecule has 3 aromatic carbocycles. The van der Waals surface area contributed by atoms with Gasteiger partial charge in [-0.2, -0.15) is 0 Å². The van der Waals surface area contributed by atoms with E-state index >= 15 is 0 Å². The number of carbonyl (C=O) groups is 1. The molecule has 4 aromatic rings. The summed E-state index contributed by atoms with van der Waals surface area (Å²) in [6.07, 6.45) is 1.81. The van der Waals surface area contributed by atoms with Crippen molar-refractivity contribution in [2.75, 3.05) is 36.0 Å². The molecule has 2 aliphatic rings. The summed E-state index contributed by atoms with van der Waals surface area (Å²) in [5.74, 6) is 0.108. The Bertz CT molecular complexity index is 1390. The first-order chi connectivity index (χ1) is 17.1. The van der Waals surface area contributed by atoms with Crippen LogP contribution in [0.4, 0.5) is 17.1 Å². The summed E-state index contributed by atoms with van der Waals surface area (Å²) in [5, 5.41) is 4.14. The molecule has 178 valence electrons. The van der Waals surface area contributed by atoms with Crippen molar-refractivity contribution < 1.29 is 4.79 Å². The van der Waals surface area contributed by atoms with Crippen LogP contribution in [0.5, 0.6) is 0 Å². The molecule has 0 spiro atoms. The Morgan fingerprint density at radius 1 is 0.857 bits per heavy atom. The van der Waals surface area contributed by atoms with Crippen LogP contribution in [0.1, 0.15) is 18.1 Å². The maximum atomic E-state index is 14.1. The number of anilines is 3. The molecule has 3 heterocycles. The lowest BCUT2D eigenvalue weighted by atomic mass is 10.0. The van der Waals surface area contributed by atoms with E-state index in [1.54, 1.807) is 11.3 Å². The Labute approximate surface area is 215 Å². The Morgan fingerprint density at radius 2 is 1.60 bits per heavy atom. The molecular formula is C29H28ClN3OS. The smallest absolute Gasteiger partial charge is 0.248 e. The first kappa shape index (κ1) is 22.6. The fourth-order valence-electron chi connectivity index (χ4n) is 5.48. The van der Waals surface area contributed by atoms with E-state index < -0.39 is 0 Å². The molecule has 1 aromatic heterocycles. The first-order valence-corrected chi connectivity index (χ1v) is 13.5. The highest BCUT2D eigenvalue weighted by Crippen LogP contribution is 2.38. The SMILES string of the molecule is CC(C(=O)N1c2ccccc2CCc2ccc(Cl)cc21)N1CCN(c2cccc3sccc23)CC1. The van der Waals surface area contributed by atoms with Crippen molar-refractivity contribution in [1.29, 1.82) is 0 Å². The van der Waals surface area contributed by atoms with Gasteiger partial charge in [0.15, 0.2) is 0 Å². The zero-order valence-corrected chi connectivity index (χ0v) is 21.4. The van der Waals surface area contributed by atoms with Crippen LogP contribution < -0.4 is 9.80 Å². The first-order valence-electron chi connectivity index (χ1n) is 12.3. The van der Waals surface area contributed by atoms with Crippen molar-refractivity contribution >= 4 is 56.0 Å². The van der Waals surface area contributed by atoms with Crippen molar-refractivity contribution in [2.24, 2.45) is 0 Å². The highest BCUT2D eigenvalue weighted by atomic mass is 35.5. The van der Waals surface area contributed by atoms with Crippen LogP contribution >= 0.6 is 22.9 Å². The minimum absolute atomic E-state index is 0.108. The summed E-state index contributed by atoms with van der Waals surface area (Å²) in [5.41, 5.74) is 5.57. The number of rotatable bonds is 3. The summed E-state index contributed by atoms with van der Waals surface area (Å²) in [6.45, 7) is 5.57. The number of carbonyl (C=O) groups excluding carboxylic acids is 1. The van der Waals surface area contributed by atoms with Crippen molar-refractivity contribution in [1.82, 2.24) is 4.90 Å². The Kier molecular flexibility index (Phi) is 6.01. The van der Waals surface area contributed by atoms with E-state index in [1.807, 2.05) is 23.1 Å². The van der Waals surface area contributed by atoms with Gasteiger partial charge in [0, 0.05) is 47.0 Å². The number of para-hydroxylation sites is 1. The van der Waals surface area contributed by atoms with E-state index in [1.165, 1.54) is 26.9 Å². The monoisotopic (exact) mass is 501 g/mol. The van der Waals surface area contributed by atoms with Crippen LogP contribution in [-0.4, -0.2) is 43.0 Å². The Morgan fingerprint density at radius 3 is 2.43 bits per heavy atom. The van der Waals surface area contributed by atoms with Gasteiger partial charge in [-0.1, -0.05) is 41.9 Å². The number of thiophene rings is 1. The number of aryl methyl sites for hydroxylation is 2. The molecule has 1 unspecified atom stereocenters. The number of hydrogen-bond donors (Lipinski definition) is 0. The van der Waals surface area contributed by atoms with Crippen LogP contribution in [0.3, 0.4) is 0 Å². The Balaban J connectivity index is 1.26. The second-order valence-electron chi connectivity index (χ2n) is 9.38. The van der Waals surface area contributed by atoms with E-state index in [0.717, 1.165) is 50.4 Å². The molecule has 2 aliphatic heterocycles.